The summed E-state index contributed by atoms with van der Waals surface area (Å²) < 4.78 is 0. The van der Waals surface area contributed by atoms with Crippen LogP contribution in [0.3, 0.4) is 0 Å². The van der Waals surface area contributed by atoms with Crippen LogP contribution in [0.5, 0.6) is 0 Å². The molecule has 2 N–H and O–H groups in total. The van der Waals surface area contributed by atoms with Gasteiger partial charge in [0.25, 0.3) is 0 Å². The topological polar surface area (TPSA) is 31.5 Å². The Kier molecular flexibility index (Phi) is 13.1. The van der Waals surface area contributed by atoms with E-state index in [0.29, 0.717) is 0 Å². The van der Waals surface area contributed by atoms with Crippen LogP contribution < -0.4 is 0 Å². The summed E-state index contributed by atoms with van der Waals surface area (Å²) in [6.07, 6.45) is 8.15. The number of unbranched alkanes of at least 4 members (excludes halogenated alkanes) is 1. The van der Waals surface area contributed by atoms with E-state index in [9.17, 15) is 0 Å². The van der Waals surface area contributed by atoms with Gasteiger partial charge in [0.15, 0.2) is 0 Å². The van der Waals surface area contributed by atoms with Gasteiger partial charge in [-0.2, -0.15) is 0 Å². The molecule has 0 amide bonds. The number of rotatable bonds is 3. The molecule has 0 aromatic carbocycles. The Bertz CT molecular complexity index is 48.3. The zero-order chi connectivity index (χ0) is 5.54. The third kappa shape index (κ3) is 9.20. The van der Waals surface area contributed by atoms with Crippen molar-refractivity contribution in [2.24, 2.45) is 0 Å². The molecule has 0 aliphatic heterocycles. The predicted molar refractivity (Wildman–Crippen MR) is 38.0 cm³/mol. The van der Waals surface area contributed by atoms with Gasteiger partial charge in [-0.05, 0) is 12.8 Å². The van der Waals surface area contributed by atoms with Crippen LogP contribution in [-0.4, -0.2) is 5.48 Å². The number of hydrogen-bond acceptors (Lipinski definition) is 0. The highest BCUT2D eigenvalue weighted by Gasteiger charge is 1.68. The molecule has 0 saturated carbocycles. The second-order valence-corrected chi connectivity index (χ2v) is 1.67. The van der Waals surface area contributed by atoms with Crippen molar-refractivity contribution in [3.8, 4) is 0 Å². The molecule has 50 valence electrons. The lowest BCUT2D eigenvalue weighted by Crippen LogP contribution is -1.58. The largest absolute Gasteiger partial charge is 0.412 e. The van der Waals surface area contributed by atoms with Crippen LogP contribution in [-0.2, 0) is 0 Å². The second-order valence-electron chi connectivity index (χ2n) is 1.67. The summed E-state index contributed by atoms with van der Waals surface area (Å²) in [6.45, 7) is 4.35. The first-order valence-electron chi connectivity index (χ1n) is 3.06. The fourth-order valence-corrected chi connectivity index (χ4v) is 0.451. The molecule has 0 rings (SSSR count). The summed E-state index contributed by atoms with van der Waals surface area (Å²) in [5.74, 6) is 0. The zero-order valence-corrected chi connectivity index (χ0v) is 5.78. The van der Waals surface area contributed by atoms with Crippen molar-refractivity contribution in [3.63, 3.8) is 0 Å². The summed E-state index contributed by atoms with van der Waals surface area (Å²) in [6, 6.07) is 0. The molecule has 0 saturated heterocycles. The molecule has 0 spiro atoms. The van der Waals surface area contributed by atoms with E-state index >= 15 is 0 Å². The van der Waals surface area contributed by atoms with E-state index < -0.39 is 0 Å². The van der Waals surface area contributed by atoms with Crippen LogP contribution in [0.4, 0.5) is 0 Å². The molecule has 0 aliphatic carbocycles. The van der Waals surface area contributed by atoms with Crippen LogP contribution in [0, 0.1) is 0 Å². The maximum Gasteiger partial charge on any atom is -0.0353 e. The predicted octanol–water partition coefficient (Wildman–Crippen LogP) is 1.93. The molecule has 0 aromatic heterocycles. The van der Waals surface area contributed by atoms with Crippen LogP contribution >= 0.6 is 0 Å². The van der Waals surface area contributed by atoms with Crippen LogP contribution in [0.1, 0.15) is 33.1 Å². The highest BCUT2D eigenvalue weighted by molar-refractivity contribution is 4.78. The molecule has 0 atom stereocenters. The summed E-state index contributed by atoms with van der Waals surface area (Å²) >= 11 is 0. The van der Waals surface area contributed by atoms with Crippen molar-refractivity contribution < 1.29 is 5.48 Å². The van der Waals surface area contributed by atoms with E-state index in [4.69, 9.17) is 0 Å². The Morgan fingerprint density at radius 2 is 1.75 bits per heavy atom. The molecule has 1 nitrogen and oxygen atoms in total. The maximum atomic E-state index is 2.24. The van der Waals surface area contributed by atoms with Crippen LogP contribution in [0.2, 0.25) is 0 Å². The molecule has 0 fully saturated rings. The van der Waals surface area contributed by atoms with E-state index in [0.717, 1.165) is 0 Å². The van der Waals surface area contributed by atoms with Crippen LogP contribution in [0.25, 0.3) is 0 Å². The zero-order valence-electron chi connectivity index (χ0n) is 5.78. The van der Waals surface area contributed by atoms with Gasteiger partial charge in [0.05, 0.1) is 0 Å². The Labute approximate surface area is 51.7 Å². The third-order valence-electron chi connectivity index (χ3n) is 0.858. The van der Waals surface area contributed by atoms with E-state index in [-0.39, 0.29) is 5.48 Å². The molecular weight excluding hydrogens is 100 g/mol. The quantitative estimate of drug-likeness (QED) is 0.504. The van der Waals surface area contributed by atoms with Gasteiger partial charge in [0.1, 0.15) is 0 Å². The first-order chi connectivity index (χ1) is 3.41. The van der Waals surface area contributed by atoms with Gasteiger partial charge >= 0.3 is 0 Å². The fourth-order valence-electron chi connectivity index (χ4n) is 0.451. The normalized spacial score (nSPS) is 9.25. The van der Waals surface area contributed by atoms with E-state index in [2.05, 4.69) is 26.0 Å². The fraction of sp³-hybridized carbons (Fsp3) is 0.714. The van der Waals surface area contributed by atoms with Gasteiger partial charge in [-0.25, -0.2) is 0 Å². The smallest absolute Gasteiger partial charge is 0.0353 e. The molecule has 0 heterocycles. The average molecular weight is 116 g/mol. The van der Waals surface area contributed by atoms with E-state index in [1.165, 1.54) is 19.3 Å². The molecule has 0 radical (unpaired) electrons. The molecule has 0 aromatic rings. The first-order valence-corrected chi connectivity index (χ1v) is 3.06. The second kappa shape index (κ2) is 9.85. The molecule has 0 aliphatic rings. The van der Waals surface area contributed by atoms with Crippen molar-refractivity contribution >= 4 is 0 Å². The van der Waals surface area contributed by atoms with Gasteiger partial charge in [-0.1, -0.05) is 32.4 Å². The number of hydrogen-bond donors (Lipinski definition) is 0. The summed E-state index contributed by atoms with van der Waals surface area (Å²) in [4.78, 5) is 0. The lowest BCUT2D eigenvalue weighted by molar-refractivity contribution is 0.824. The minimum atomic E-state index is 0. The summed E-state index contributed by atoms with van der Waals surface area (Å²) in [7, 11) is 0. The number of allylic oxidation sites excluding steroid dienone is 2. The van der Waals surface area contributed by atoms with Gasteiger partial charge in [0, 0.05) is 0 Å². The van der Waals surface area contributed by atoms with Crippen molar-refractivity contribution in [1.82, 2.24) is 0 Å². The van der Waals surface area contributed by atoms with Gasteiger partial charge in [-0.15, -0.1) is 0 Å². The lowest BCUT2D eigenvalue weighted by atomic mass is 10.3. The Balaban J connectivity index is 0. The molecule has 0 unspecified atom stereocenters. The summed E-state index contributed by atoms with van der Waals surface area (Å²) in [5.41, 5.74) is 0. The van der Waals surface area contributed by atoms with Gasteiger partial charge in [-0.3, -0.25) is 0 Å². The first kappa shape index (κ1) is 10.6. The average Bonchev–Trinajstić information content (AvgIpc) is 1.69. The summed E-state index contributed by atoms with van der Waals surface area (Å²) in [5, 5.41) is 0. The Hall–Kier alpha value is -0.300. The third-order valence-corrected chi connectivity index (χ3v) is 0.858. The van der Waals surface area contributed by atoms with Gasteiger partial charge in [0.2, 0.25) is 0 Å². The maximum absolute atomic E-state index is 2.24. The van der Waals surface area contributed by atoms with Crippen molar-refractivity contribution in [1.29, 1.82) is 0 Å². The Morgan fingerprint density at radius 1 is 1.12 bits per heavy atom. The van der Waals surface area contributed by atoms with Gasteiger partial charge < -0.3 is 5.48 Å². The lowest BCUT2D eigenvalue weighted by Gasteiger charge is -1.79. The standard InChI is InChI=1S/C7H14.H2O/c1-3-5-7-6-4-2;/h5,7H,3-4,6H2,1-2H3;1H2. The van der Waals surface area contributed by atoms with E-state index in [1.54, 1.807) is 0 Å². The Morgan fingerprint density at radius 3 is 2.12 bits per heavy atom. The molecule has 0 bridgehead atoms. The van der Waals surface area contributed by atoms with Crippen LogP contribution in [0.15, 0.2) is 12.2 Å². The highest BCUT2D eigenvalue weighted by Crippen LogP contribution is 1.88. The highest BCUT2D eigenvalue weighted by atomic mass is 16.0. The van der Waals surface area contributed by atoms with E-state index in [1.807, 2.05) is 0 Å². The molecular formula is C7H16O. The van der Waals surface area contributed by atoms with Crippen molar-refractivity contribution in [2.75, 3.05) is 0 Å². The minimum absolute atomic E-state index is 0. The molecule has 8 heavy (non-hydrogen) atoms. The minimum Gasteiger partial charge on any atom is -0.412 e. The van der Waals surface area contributed by atoms with Crippen molar-refractivity contribution in [3.05, 3.63) is 12.2 Å². The SMILES string of the molecule is CCC=CCCC.O. The monoisotopic (exact) mass is 116 g/mol. The molecule has 1 heteroatoms. The van der Waals surface area contributed by atoms with Crippen molar-refractivity contribution in [2.45, 2.75) is 33.1 Å².